The van der Waals surface area contributed by atoms with Gasteiger partial charge in [0, 0.05) is 5.56 Å². The van der Waals surface area contributed by atoms with E-state index < -0.39 is 23.7 Å². The van der Waals surface area contributed by atoms with Gasteiger partial charge < -0.3 is 14.6 Å². The maximum absolute atomic E-state index is 13.4. The summed E-state index contributed by atoms with van der Waals surface area (Å²) in [4.78, 5) is 44.8. The molecule has 8 nitrogen and oxygen atoms in total. The summed E-state index contributed by atoms with van der Waals surface area (Å²) < 4.78 is 10.1. The van der Waals surface area contributed by atoms with Crippen molar-refractivity contribution in [1.29, 1.82) is 0 Å². The minimum Gasteiger partial charge on any atom is -0.507 e. The summed E-state index contributed by atoms with van der Waals surface area (Å²) in [5.41, 5.74) is 2.35. The van der Waals surface area contributed by atoms with Gasteiger partial charge in [0.15, 0.2) is 5.13 Å². The van der Waals surface area contributed by atoms with Gasteiger partial charge in [-0.3, -0.25) is 14.5 Å². The zero-order chi connectivity index (χ0) is 26.1. The molecule has 0 unspecified atom stereocenters. The summed E-state index contributed by atoms with van der Waals surface area (Å²) in [6.45, 7) is 5.76. The van der Waals surface area contributed by atoms with E-state index in [0.29, 0.717) is 22.6 Å². The van der Waals surface area contributed by atoms with Crippen LogP contribution < -0.4 is 9.64 Å². The molecule has 1 aliphatic heterocycles. The van der Waals surface area contributed by atoms with Gasteiger partial charge in [-0.1, -0.05) is 61.6 Å². The second-order valence-electron chi connectivity index (χ2n) is 8.62. The molecule has 4 rings (SSSR count). The van der Waals surface area contributed by atoms with Crippen LogP contribution in [-0.4, -0.2) is 42.0 Å². The number of ether oxygens (including phenoxy) is 2. The predicted molar refractivity (Wildman–Crippen MR) is 136 cm³/mol. The third-order valence-corrected chi connectivity index (χ3v) is 7.21. The number of methoxy groups -OCH3 is 2. The molecule has 0 spiro atoms. The van der Waals surface area contributed by atoms with E-state index in [1.54, 1.807) is 31.2 Å². The molecule has 3 aromatic rings. The van der Waals surface area contributed by atoms with Gasteiger partial charge in [-0.2, -0.15) is 0 Å². The highest BCUT2D eigenvalue weighted by Crippen LogP contribution is 2.44. The van der Waals surface area contributed by atoms with Crippen molar-refractivity contribution in [2.75, 3.05) is 19.1 Å². The summed E-state index contributed by atoms with van der Waals surface area (Å²) in [5, 5.41) is 11.5. The molecule has 1 aromatic heterocycles. The monoisotopic (exact) mass is 506 g/mol. The van der Waals surface area contributed by atoms with Gasteiger partial charge in [0.1, 0.15) is 16.4 Å². The minimum atomic E-state index is -0.950. The number of carbonyl (C=O) groups is 3. The number of esters is 1. The molecule has 1 aliphatic rings. The molecule has 0 saturated carbocycles. The van der Waals surface area contributed by atoms with Crippen molar-refractivity contribution in [3.05, 3.63) is 81.4 Å². The number of amides is 1. The standard InChI is InChI=1S/C27H26N2O6S/c1-14(2)16-9-11-17(12-10-16)21-20(22(30)18-7-6-8-19(13-18)34-4)23(31)25(32)29(21)27-28-15(3)24(36-27)26(33)35-5/h6-14,21,30H,1-5H3/b22-20+/t21-/m1/s1. The number of aliphatic hydroxyl groups is 1. The van der Waals surface area contributed by atoms with E-state index in [2.05, 4.69) is 18.8 Å². The van der Waals surface area contributed by atoms with Crippen LogP contribution in [0.3, 0.4) is 0 Å². The van der Waals surface area contributed by atoms with Crippen molar-refractivity contribution in [1.82, 2.24) is 4.98 Å². The van der Waals surface area contributed by atoms with E-state index in [1.165, 1.54) is 19.1 Å². The van der Waals surface area contributed by atoms with Gasteiger partial charge in [-0.25, -0.2) is 9.78 Å². The fourth-order valence-corrected chi connectivity index (χ4v) is 5.11. The Morgan fingerprint density at radius 2 is 1.81 bits per heavy atom. The zero-order valence-corrected chi connectivity index (χ0v) is 21.4. The van der Waals surface area contributed by atoms with E-state index >= 15 is 0 Å². The van der Waals surface area contributed by atoms with Crippen LogP contribution in [-0.2, 0) is 14.3 Å². The van der Waals surface area contributed by atoms with Gasteiger partial charge >= 0.3 is 11.9 Å². The smallest absolute Gasteiger partial charge is 0.350 e. The highest BCUT2D eigenvalue weighted by molar-refractivity contribution is 7.17. The lowest BCUT2D eigenvalue weighted by Crippen LogP contribution is -2.29. The largest absolute Gasteiger partial charge is 0.507 e. The van der Waals surface area contributed by atoms with Crippen molar-refractivity contribution in [3.63, 3.8) is 0 Å². The first kappa shape index (κ1) is 25.1. The van der Waals surface area contributed by atoms with Gasteiger partial charge in [0.05, 0.1) is 31.5 Å². The molecule has 2 aromatic carbocycles. The molecular weight excluding hydrogens is 480 g/mol. The lowest BCUT2D eigenvalue weighted by molar-refractivity contribution is -0.132. The second kappa shape index (κ2) is 9.94. The average molecular weight is 507 g/mol. The first-order chi connectivity index (χ1) is 17.2. The number of carbonyl (C=O) groups excluding carboxylic acids is 3. The Hall–Kier alpha value is -3.98. The Morgan fingerprint density at radius 1 is 1.11 bits per heavy atom. The van der Waals surface area contributed by atoms with Crippen LogP contribution in [0.4, 0.5) is 5.13 Å². The fourth-order valence-electron chi connectivity index (χ4n) is 4.10. The summed E-state index contributed by atoms with van der Waals surface area (Å²) in [5.74, 6) is -1.82. The molecular formula is C27H26N2O6S. The predicted octanol–water partition coefficient (Wildman–Crippen LogP) is 5.00. The van der Waals surface area contributed by atoms with Crippen LogP contribution in [0, 0.1) is 6.92 Å². The first-order valence-electron chi connectivity index (χ1n) is 11.3. The number of anilines is 1. The molecule has 1 amide bonds. The van der Waals surface area contributed by atoms with Crippen LogP contribution in [0.5, 0.6) is 5.75 Å². The van der Waals surface area contributed by atoms with Crippen LogP contribution in [0.25, 0.3) is 5.76 Å². The normalized spacial score (nSPS) is 17.1. The number of aromatic nitrogens is 1. The first-order valence-corrected chi connectivity index (χ1v) is 12.1. The number of aliphatic hydroxyl groups excluding tert-OH is 1. The van der Waals surface area contributed by atoms with Crippen molar-refractivity contribution in [2.45, 2.75) is 32.7 Å². The number of aryl methyl sites for hydroxylation is 1. The Bertz CT molecular complexity index is 1370. The van der Waals surface area contributed by atoms with Crippen molar-refractivity contribution < 1.29 is 29.0 Å². The minimum absolute atomic E-state index is 0.0713. The number of rotatable bonds is 6. The molecule has 0 bridgehead atoms. The van der Waals surface area contributed by atoms with Crippen LogP contribution in [0.15, 0.2) is 54.1 Å². The fraction of sp³-hybridized carbons (Fsp3) is 0.259. The Labute approximate surface area is 212 Å². The SMILES string of the molecule is COC(=O)c1sc(N2C(=O)C(=O)/C(=C(/O)c3cccc(OC)c3)[C@H]2c2ccc(C(C)C)cc2)nc1C. The van der Waals surface area contributed by atoms with Gasteiger partial charge in [0.2, 0.25) is 0 Å². The molecule has 1 N–H and O–H groups in total. The van der Waals surface area contributed by atoms with Crippen molar-refractivity contribution in [3.8, 4) is 5.75 Å². The number of nitrogens with zero attached hydrogens (tertiary/aromatic N) is 2. The van der Waals surface area contributed by atoms with E-state index in [9.17, 15) is 19.5 Å². The summed E-state index contributed by atoms with van der Waals surface area (Å²) in [6.07, 6.45) is 0. The Morgan fingerprint density at radius 3 is 2.42 bits per heavy atom. The van der Waals surface area contributed by atoms with Gasteiger partial charge in [-0.15, -0.1) is 0 Å². The van der Waals surface area contributed by atoms with E-state index in [-0.39, 0.29) is 27.3 Å². The molecule has 1 atom stereocenters. The quantitative estimate of drug-likeness (QED) is 0.217. The number of hydrogen-bond acceptors (Lipinski definition) is 8. The maximum Gasteiger partial charge on any atom is 0.350 e. The lowest BCUT2D eigenvalue weighted by atomic mass is 9.93. The molecule has 2 heterocycles. The molecule has 1 fully saturated rings. The summed E-state index contributed by atoms with van der Waals surface area (Å²) >= 11 is 0.960. The highest BCUT2D eigenvalue weighted by Gasteiger charge is 2.48. The number of benzene rings is 2. The summed E-state index contributed by atoms with van der Waals surface area (Å²) in [7, 11) is 2.76. The van der Waals surface area contributed by atoms with Crippen molar-refractivity contribution in [2.24, 2.45) is 0 Å². The van der Waals surface area contributed by atoms with E-state index in [4.69, 9.17) is 9.47 Å². The number of hydrogen-bond donors (Lipinski definition) is 1. The molecule has 36 heavy (non-hydrogen) atoms. The van der Waals surface area contributed by atoms with Crippen LogP contribution in [0.2, 0.25) is 0 Å². The Balaban J connectivity index is 1.93. The Kier molecular flexibility index (Phi) is 6.94. The molecule has 1 saturated heterocycles. The van der Waals surface area contributed by atoms with Crippen molar-refractivity contribution >= 4 is 39.9 Å². The molecule has 186 valence electrons. The summed E-state index contributed by atoms with van der Waals surface area (Å²) in [6, 6.07) is 13.2. The van der Waals surface area contributed by atoms with Gasteiger partial charge in [-0.05, 0) is 36.1 Å². The highest BCUT2D eigenvalue weighted by atomic mass is 32.1. The third-order valence-electron chi connectivity index (χ3n) is 6.07. The van der Waals surface area contributed by atoms with Crippen LogP contribution >= 0.6 is 11.3 Å². The maximum atomic E-state index is 13.4. The van der Waals surface area contributed by atoms with E-state index in [1.807, 2.05) is 24.3 Å². The molecule has 0 aliphatic carbocycles. The van der Waals surface area contributed by atoms with Gasteiger partial charge in [0.25, 0.3) is 5.78 Å². The average Bonchev–Trinajstić information content (AvgIpc) is 3.39. The number of ketones is 1. The second-order valence-corrected chi connectivity index (χ2v) is 9.60. The van der Waals surface area contributed by atoms with Crippen LogP contribution in [0.1, 0.15) is 57.9 Å². The van der Waals surface area contributed by atoms with E-state index in [0.717, 1.165) is 16.9 Å². The molecule has 0 radical (unpaired) electrons. The lowest BCUT2D eigenvalue weighted by Gasteiger charge is -2.23. The molecule has 9 heteroatoms. The topological polar surface area (TPSA) is 106 Å². The number of thiazole rings is 1. The zero-order valence-electron chi connectivity index (χ0n) is 20.6. The number of Topliss-reactive ketones (excluding diaryl/α,β-unsaturated/α-hetero) is 1. The third kappa shape index (κ3) is 4.37.